The summed E-state index contributed by atoms with van der Waals surface area (Å²) >= 11 is 0. The van der Waals surface area contributed by atoms with Crippen LogP contribution in [0.15, 0.2) is 176 Å². The second-order valence-corrected chi connectivity index (χ2v) is 31.7. The van der Waals surface area contributed by atoms with Crippen LogP contribution in [0.2, 0.25) is 0 Å². The van der Waals surface area contributed by atoms with Gasteiger partial charge in [-0.2, -0.15) is 0 Å². The van der Waals surface area contributed by atoms with Crippen molar-refractivity contribution in [2.75, 3.05) is 151 Å². The smallest absolute Gasteiger partial charge is 0.294 e. The van der Waals surface area contributed by atoms with Gasteiger partial charge in [0, 0.05) is 152 Å². The molecular weight excluding hydrogens is 1580 g/mol. The Labute approximate surface area is 711 Å². The van der Waals surface area contributed by atoms with Crippen molar-refractivity contribution in [1.82, 2.24) is 40.1 Å². The topological polar surface area (TPSA) is 398 Å². The van der Waals surface area contributed by atoms with Gasteiger partial charge in [-0.25, -0.2) is 0 Å². The van der Waals surface area contributed by atoms with Crippen LogP contribution >= 0.6 is 0 Å². The summed E-state index contributed by atoms with van der Waals surface area (Å²) in [4.78, 5) is 102. The van der Waals surface area contributed by atoms with Gasteiger partial charge < -0.3 is 68.5 Å². The maximum Gasteiger partial charge on any atom is 0.294 e. The third-order valence-electron chi connectivity index (χ3n) is 21.6. The lowest BCUT2D eigenvalue weighted by molar-refractivity contribution is -0.760. The summed E-state index contributed by atoms with van der Waals surface area (Å²) in [6, 6.07) is 52.9. The number of aliphatic hydroxyl groups is 1. The minimum absolute atomic E-state index is 0.00987. The van der Waals surface area contributed by atoms with E-state index in [-0.39, 0.29) is 64.0 Å². The first-order chi connectivity index (χ1) is 59.1. The number of nitrogens with one attached hydrogen (secondary N) is 2. The lowest BCUT2D eigenvalue weighted by Crippen LogP contribution is -2.48. The maximum atomic E-state index is 12.6. The molecule has 3 saturated heterocycles. The molecule has 35 nitrogen and oxygen atoms in total. The van der Waals surface area contributed by atoms with Crippen molar-refractivity contribution in [3.8, 4) is 28.7 Å². The molecule has 0 spiro atoms. The Bertz CT molecular complexity index is 4160. The highest BCUT2D eigenvalue weighted by Gasteiger charge is 2.29. The van der Waals surface area contributed by atoms with E-state index in [1.807, 2.05) is 140 Å². The van der Waals surface area contributed by atoms with Crippen molar-refractivity contribution in [2.24, 2.45) is 29.1 Å². The Morgan fingerprint density at radius 3 is 1.48 bits per heavy atom. The Morgan fingerprint density at radius 2 is 0.926 bits per heavy atom. The fourth-order valence-electron chi connectivity index (χ4n) is 14.8. The molecule has 2 aliphatic carbocycles. The molecule has 5 aliphatic rings. The maximum absolute atomic E-state index is 12.6. The number of carbonyl (C=O) groups is 1. The van der Waals surface area contributed by atoms with Crippen molar-refractivity contribution in [3.63, 3.8) is 0 Å². The number of para-hydroxylation sites is 4. The summed E-state index contributed by atoms with van der Waals surface area (Å²) in [5.41, 5.74) is 6.75. The fraction of sp³-hybridized carbons (Fsp3) is 0.517. The molecule has 3 aliphatic heterocycles. The van der Waals surface area contributed by atoms with Crippen LogP contribution in [0.25, 0.3) is 0 Å². The summed E-state index contributed by atoms with van der Waals surface area (Å²) in [7, 11) is 0. The van der Waals surface area contributed by atoms with E-state index >= 15 is 0 Å². The molecule has 0 bridgehead atoms. The van der Waals surface area contributed by atoms with E-state index in [1.165, 1.54) is 11.1 Å². The predicted molar refractivity (Wildman–Crippen MR) is 451 cm³/mol. The van der Waals surface area contributed by atoms with Gasteiger partial charge in [0.1, 0.15) is 67.9 Å². The van der Waals surface area contributed by atoms with E-state index in [0.717, 1.165) is 175 Å². The van der Waals surface area contributed by atoms with Gasteiger partial charge in [-0.1, -0.05) is 123 Å². The molecule has 1 aromatic heterocycles. The normalized spacial score (nSPS) is 17.9. The van der Waals surface area contributed by atoms with Crippen molar-refractivity contribution in [2.45, 2.75) is 110 Å². The molecule has 1 atom stereocenters. The summed E-state index contributed by atoms with van der Waals surface area (Å²) in [5, 5.41) is 64.9. The highest BCUT2D eigenvalue weighted by Crippen LogP contribution is 2.33. The second kappa shape index (κ2) is 52.1. The standard InChI is InChI=1S/C30H41N3O8.C22H28N4O5.C22H29N3O5.C13H19N3O4/c34-32(35)40-21-25-13-9-23(10-14-25)19-38-29-7-3-1-5-27(29)17-31-18-28-6-2-4-8-30(28)39-20-24-11-15-26(16-12-24)22-41-33(36)37;1-22(2,17-31-26(28)29)16-30-20-8-4-3-6-19(20)15-24-10-12-25(13-11-24)21(27)18-7-5-9-23-14-18;26-21(18-29-22-7-2-1-3-8-22)17-24-12-10-23(11-13-24)16-20-6-4-5-19(15-20)9-14-30-25(27)28;17-16(18)20-9-8-19-13-3-1-2-12(10-13)11-15-6-4-14-5-7-15/h1-8,23-26,31H,9-22H2;3-9,14H,10-13,15-17H2,1-2H3;1-8,15,21,26H,9-14,16-18H2;1-3,10,14H,4-9,11H2. The molecule has 0 radical (unpaired) electrons. The van der Waals surface area contributed by atoms with Gasteiger partial charge >= 0.3 is 0 Å². The SMILES string of the molecule is CC(C)(COc1ccccc1CN1CCN(C(=O)c2cccnc2)CC1)CO[N+](=O)[O-].O=[N+]([O-])OCC1CCC(COc2ccccc2CNCc2ccccc2OCC2CCC(CO[N+](=O)[O-])CC2)CC1.O=[N+]([O-])OCCOc1cccc(CN2CCNCC2)c1.O=[N+]([O-])OCCc1cccc(CN2CCN(CC(O)COc3ccccc3)CC2)c1. The molecule has 662 valence electrons. The third kappa shape index (κ3) is 36.5. The fourth-order valence-corrected chi connectivity index (χ4v) is 14.8. The van der Waals surface area contributed by atoms with Crippen molar-refractivity contribution >= 4 is 5.91 Å². The van der Waals surface area contributed by atoms with Crippen LogP contribution in [0, 0.1) is 79.7 Å². The summed E-state index contributed by atoms with van der Waals surface area (Å²) in [6.07, 6.45) is 10.9. The number of aromatic nitrogens is 1. The predicted octanol–water partition coefficient (Wildman–Crippen LogP) is 11.1. The molecular formula is C87H117N13O22. The van der Waals surface area contributed by atoms with Gasteiger partial charge in [0.05, 0.1) is 38.6 Å². The zero-order valence-corrected chi connectivity index (χ0v) is 69.7. The Balaban J connectivity index is 0.000000190. The van der Waals surface area contributed by atoms with E-state index in [0.29, 0.717) is 88.7 Å². The Kier molecular flexibility index (Phi) is 40.4. The van der Waals surface area contributed by atoms with Crippen LogP contribution < -0.4 is 34.3 Å². The molecule has 6 aromatic carbocycles. The number of hydrogen-bond donors (Lipinski definition) is 3. The number of rotatable bonds is 43. The lowest BCUT2D eigenvalue weighted by atomic mass is 9.83. The molecule has 1 unspecified atom stereocenters. The van der Waals surface area contributed by atoms with E-state index in [4.69, 9.17) is 23.7 Å². The number of nitrogens with zero attached hydrogens (tertiary/aromatic N) is 11. The third-order valence-corrected chi connectivity index (χ3v) is 21.6. The summed E-state index contributed by atoms with van der Waals surface area (Å²) < 4.78 is 29.5. The molecule has 7 aromatic rings. The van der Waals surface area contributed by atoms with Gasteiger partial charge in [0.2, 0.25) is 0 Å². The number of aliphatic hydroxyl groups excluding tert-OH is 1. The van der Waals surface area contributed by atoms with E-state index in [2.05, 4.69) is 89.7 Å². The number of ether oxygens (including phenoxy) is 5. The van der Waals surface area contributed by atoms with E-state index < -0.39 is 37.0 Å². The van der Waals surface area contributed by atoms with Crippen molar-refractivity contribution < 1.29 is 83.2 Å². The van der Waals surface area contributed by atoms with E-state index in [9.17, 15) is 60.5 Å². The highest BCUT2D eigenvalue weighted by atomic mass is 17.0. The number of carbonyl (C=O) groups excluding carboxylic acids is 1. The highest BCUT2D eigenvalue weighted by molar-refractivity contribution is 5.94. The molecule has 35 heteroatoms. The van der Waals surface area contributed by atoms with Crippen LogP contribution in [0.4, 0.5) is 0 Å². The molecule has 2 saturated carbocycles. The van der Waals surface area contributed by atoms with Crippen LogP contribution in [-0.2, 0) is 63.3 Å². The Morgan fingerprint density at radius 1 is 0.459 bits per heavy atom. The molecule has 5 fully saturated rings. The minimum atomic E-state index is -0.815. The number of piperazine rings is 3. The average Bonchev–Trinajstić information content (AvgIpc) is 0.866. The van der Waals surface area contributed by atoms with Crippen molar-refractivity contribution in [1.29, 1.82) is 0 Å². The number of benzene rings is 6. The molecule has 3 N–H and O–H groups in total. The first-order valence-electron chi connectivity index (χ1n) is 41.8. The van der Waals surface area contributed by atoms with Crippen LogP contribution in [0.3, 0.4) is 0 Å². The van der Waals surface area contributed by atoms with Gasteiger partial charge in [-0.05, 0) is 153 Å². The van der Waals surface area contributed by atoms with Gasteiger partial charge in [0.15, 0.2) is 0 Å². The first kappa shape index (κ1) is 94.5. The van der Waals surface area contributed by atoms with Crippen LogP contribution in [0.1, 0.15) is 109 Å². The zero-order valence-electron chi connectivity index (χ0n) is 69.7. The monoisotopic (exact) mass is 1700 g/mol. The van der Waals surface area contributed by atoms with Crippen molar-refractivity contribution in [3.05, 3.63) is 266 Å². The average molecular weight is 1700 g/mol. The summed E-state index contributed by atoms with van der Waals surface area (Å²) in [6.45, 7) is 21.1. The second-order valence-electron chi connectivity index (χ2n) is 31.7. The molecule has 4 heterocycles. The molecule has 12 rings (SSSR count). The first-order valence-corrected chi connectivity index (χ1v) is 41.8. The number of pyridine rings is 1. The van der Waals surface area contributed by atoms with E-state index in [1.54, 1.807) is 24.5 Å². The zero-order chi connectivity index (χ0) is 86.5. The van der Waals surface area contributed by atoms with Crippen LogP contribution in [-0.4, -0.2) is 223 Å². The number of β-amino-alcohol motifs (C(OH)–C–C–N with tert-alkyl or cyclic N) is 1. The van der Waals surface area contributed by atoms with Gasteiger partial charge in [-0.3, -0.25) is 29.4 Å². The number of amides is 1. The quantitative estimate of drug-likeness (QED) is 0.0181. The number of hydrogen-bond acceptors (Lipinski definition) is 29. The van der Waals surface area contributed by atoms with Crippen LogP contribution in [0.5, 0.6) is 28.7 Å². The molecule has 122 heavy (non-hydrogen) atoms. The Hall–Kier alpha value is -11.3. The minimum Gasteiger partial charge on any atom is -0.493 e. The van der Waals surface area contributed by atoms with Gasteiger partial charge in [-0.15, -0.1) is 50.6 Å². The van der Waals surface area contributed by atoms with Gasteiger partial charge in [0.25, 0.3) is 31.3 Å². The summed E-state index contributed by atoms with van der Waals surface area (Å²) in [5.74, 6) is 5.38. The lowest BCUT2D eigenvalue weighted by Gasteiger charge is -2.35. The largest absolute Gasteiger partial charge is 0.493 e. The molecule has 1 amide bonds.